The first kappa shape index (κ1) is 48.9. The maximum Gasteiger partial charge on any atom is 0.508 e. The Kier molecular flexibility index (Phi) is 13.9. The summed E-state index contributed by atoms with van der Waals surface area (Å²) in [5.74, 6) is 10.5. The highest BCUT2D eigenvalue weighted by atomic mass is 32.2. The van der Waals surface area contributed by atoms with Crippen molar-refractivity contribution in [1.82, 2.24) is 9.80 Å². The lowest BCUT2D eigenvalue weighted by Crippen LogP contribution is -2.64. The largest absolute Gasteiger partial charge is 0.508 e. The van der Waals surface area contributed by atoms with Crippen molar-refractivity contribution < 1.29 is 81.6 Å². The summed E-state index contributed by atoms with van der Waals surface area (Å²) in [6.07, 6.45) is -4.51. The Morgan fingerprint density at radius 2 is 1.83 bits per heavy atom. The average molecular weight is 985 g/mol. The summed E-state index contributed by atoms with van der Waals surface area (Å²) in [5, 5.41) is 23.6. The van der Waals surface area contributed by atoms with Crippen LogP contribution in [0.2, 0.25) is 0 Å². The van der Waals surface area contributed by atoms with E-state index in [0.29, 0.717) is 54.5 Å². The third-order valence-corrected chi connectivity index (χ3v) is 14.9. The molecule has 0 spiro atoms. The Bertz CT molecular complexity index is 2670. The topological polar surface area (TPSA) is 236 Å². The highest BCUT2D eigenvalue weighted by molar-refractivity contribution is 8.00. The number of methoxy groups -OCH3 is 1. The molecule has 5 fully saturated rings. The highest BCUT2D eigenvalue weighted by Gasteiger charge is 2.65. The lowest BCUT2D eigenvalue weighted by molar-refractivity contribution is -0.286. The highest BCUT2D eigenvalue weighted by Crippen LogP contribution is 2.44. The number of amides is 3. The molecule has 11 atom stereocenters. The molecule has 20 heteroatoms. The maximum atomic E-state index is 14.3. The number of allylic oxidation sites excluding steroid dienone is 1. The minimum atomic E-state index is -1.67. The number of hydrogen-bond donors (Lipinski definition) is 2. The number of carbonyl (C=O) groups excluding carboxylic acids is 6. The first-order valence-corrected chi connectivity index (χ1v) is 24.3. The second-order valence-corrected chi connectivity index (χ2v) is 19.3. The van der Waals surface area contributed by atoms with Gasteiger partial charge in [0.1, 0.15) is 36.7 Å². The molecule has 4 saturated heterocycles. The van der Waals surface area contributed by atoms with Crippen LogP contribution >= 0.6 is 11.8 Å². The summed E-state index contributed by atoms with van der Waals surface area (Å²) in [7, 11) is 2.81. The molecule has 9 rings (SSSR count). The lowest BCUT2D eigenvalue weighted by atomic mass is 9.82. The predicted octanol–water partition coefficient (Wildman–Crippen LogP) is 3.33. The molecule has 2 aromatic rings. The van der Waals surface area contributed by atoms with Crippen LogP contribution in [0.1, 0.15) is 54.9 Å². The van der Waals surface area contributed by atoms with E-state index in [1.807, 2.05) is 19.1 Å². The summed E-state index contributed by atoms with van der Waals surface area (Å²) in [6, 6.07) is 7.35. The van der Waals surface area contributed by atoms with Gasteiger partial charge in [0.2, 0.25) is 24.2 Å². The quantitative estimate of drug-likeness (QED) is 0.0731. The van der Waals surface area contributed by atoms with Crippen molar-refractivity contribution in [3.63, 3.8) is 0 Å². The SMILES string of the molecule is COc1cc(C)c2cccc(C(=O)O[C@@H]3C=C4C#C[C@]5(C6COC(=O)O6)O[C@@H]5C#CC=C4[C@H]3O[C@H]3O[C@H](C)[C@H](O)[C@H](O)[C@H]3N(C)C(=O)OCOC(=O)C3CCC(CN4C(=O)CC(SC)C4=O)CC3)c2c1. The first-order chi connectivity index (χ1) is 33.6. The first-order valence-electron chi connectivity index (χ1n) is 23.0. The van der Waals surface area contributed by atoms with Gasteiger partial charge in [0.15, 0.2) is 24.6 Å². The number of aliphatic hydroxyl groups is 2. The Balaban J connectivity index is 0.911. The third kappa shape index (κ3) is 9.44. The van der Waals surface area contributed by atoms with Crippen LogP contribution < -0.4 is 4.74 Å². The van der Waals surface area contributed by atoms with Crippen LogP contribution in [0.25, 0.3) is 10.8 Å². The number of epoxide rings is 1. The van der Waals surface area contributed by atoms with Gasteiger partial charge in [-0.25, -0.2) is 14.4 Å². The zero-order chi connectivity index (χ0) is 49.6. The monoisotopic (exact) mass is 984 g/mol. The molecule has 1 saturated carbocycles. The molecular formula is C50H52N2O17S. The molecular weight excluding hydrogens is 933 g/mol. The Hall–Kier alpha value is -6.13. The van der Waals surface area contributed by atoms with Crippen molar-refractivity contribution in [2.24, 2.45) is 11.8 Å². The number of nitrogens with zero attached hydrogens (tertiary/aromatic N) is 2. The van der Waals surface area contributed by atoms with Crippen LogP contribution in [0.3, 0.4) is 0 Å². The molecule has 0 bridgehead atoms. The van der Waals surface area contributed by atoms with Gasteiger partial charge in [-0.3, -0.25) is 19.3 Å². The minimum Gasteiger partial charge on any atom is -0.497 e. The number of aryl methyl sites for hydroxylation is 1. The standard InChI is InChI=1S/C50H52N2O17S/c1-25-18-30(61-4)20-34-31(25)8-6-10-33(34)46(58)66-35-19-29-16-17-50(38-23-62-49(60)67-38)37(69-50)11-7-9-32(29)43(35)68-47-40(42(55)41(54)26(2)65-47)51(3)48(59)64-24-63-45(57)28-14-12-27(13-15-28)22-52-39(53)21-36(70-5)44(52)56/h6,8-10,18-20,26-28,35-38,40-43,47,54-55H,12-15,21-24H2,1-5H3/t26-,27?,28?,35-,36?,37-,38?,40-,41+,42-,43-,47-,50+/m1/s1. The zero-order valence-corrected chi connectivity index (χ0v) is 39.8. The second-order valence-electron chi connectivity index (χ2n) is 18.2. The van der Waals surface area contributed by atoms with Crippen molar-refractivity contribution in [3.05, 3.63) is 64.8 Å². The van der Waals surface area contributed by atoms with E-state index in [4.69, 9.17) is 42.6 Å². The predicted molar refractivity (Wildman–Crippen MR) is 244 cm³/mol. The van der Waals surface area contributed by atoms with Crippen molar-refractivity contribution >= 4 is 58.5 Å². The number of likely N-dealkylation sites (tertiary alicyclic amines) is 1. The van der Waals surface area contributed by atoms with Gasteiger partial charge in [0.25, 0.3) is 0 Å². The molecule has 2 unspecified atom stereocenters. The lowest BCUT2D eigenvalue weighted by Gasteiger charge is -2.45. The minimum absolute atomic E-state index is 0.0507. The van der Waals surface area contributed by atoms with Gasteiger partial charge in [-0.1, -0.05) is 35.8 Å². The number of rotatable bonds is 13. The average Bonchev–Trinajstić information content (AvgIpc) is 3.52. The second kappa shape index (κ2) is 19.9. The van der Waals surface area contributed by atoms with E-state index < -0.39 is 97.6 Å². The van der Waals surface area contributed by atoms with E-state index in [1.54, 1.807) is 30.5 Å². The van der Waals surface area contributed by atoms with E-state index in [1.165, 1.54) is 43.8 Å². The van der Waals surface area contributed by atoms with Gasteiger partial charge >= 0.3 is 24.2 Å². The number of ether oxygens (including phenoxy) is 9. The summed E-state index contributed by atoms with van der Waals surface area (Å²) < 4.78 is 51.5. The molecule has 3 amide bonds. The molecule has 7 aliphatic rings. The third-order valence-electron chi connectivity index (χ3n) is 14.0. The number of likely N-dealkylation sites (N-methyl/N-ethyl adjacent to an activating group) is 1. The van der Waals surface area contributed by atoms with Crippen LogP contribution in [0.5, 0.6) is 5.75 Å². The summed E-state index contributed by atoms with van der Waals surface area (Å²) >= 11 is 1.36. The van der Waals surface area contributed by atoms with Crippen LogP contribution in [0, 0.1) is 42.4 Å². The zero-order valence-electron chi connectivity index (χ0n) is 38.9. The van der Waals surface area contributed by atoms with E-state index in [0.717, 1.165) is 15.8 Å². The van der Waals surface area contributed by atoms with Gasteiger partial charge in [0, 0.05) is 36.5 Å². The Morgan fingerprint density at radius 1 is 1.04 bits per heavy atom. The fourth-order valence-electron chi connectivity index (χ4n) is 9.87. The number of aliphatic hydroxyl groups excluding tert-OH is 2. The number of benzene rings is 2. The van der Waals surface area contributed by atoms with Crippen molar-refractivity contribution in [2.75, 3.05) is 40.4 Å². The van der Waals surface area contributed by atoms with Gasteiger partial charge in [-0.2, -0.15) is 11.8 Å². The fraction of sp³-hybridized carbons (Fsp3) is 0.520. The molecule has 0 radical (unpaired) electrons. The van der Waals surface area contributed by atoms with Crippen LogP contribution in [0.4, 0.5) is 9.59 Å². The number of esters is 2. The molecule has 4 heterocycles. The molecule has 0 aromatic heterocycles. The molecule has 3 aliphatic carbocycles. The Labute approximate surface area is 407 Å². The van der Waals surface area contributed by atoms with E-state index in [-0.39, 0.29) is 41.6 Å². The smallest absolute Gasteiger partial charge is 0.497 e. The number of carbonyl (C=O) groups is 6. The molecule has 370 valence electrons. The number of thioether (sulfide) groups is 1. The van der Waals surface area contributed by atoms with Gasteiger partial charge in [0.05, 0.1) is 29.9 Å². The normalized spacial score (nSPS) is 33.0. The molecule has 19 nitrogen and oxygen atoms in total. The van der Waals surface area contributed by atoms with Gasteiger partial charge < -0.3 is 57.7 Å². The maximum absolute atomic E-state index is 14.3. The molecule has 2 N–H and O–H groups in total. The Morgan fingerprint density at radius 3 is 2.54 bits per heavy atom. The number of fused-ring (bicyclic) bond motifs is 3. The summed E-state index contributed by atoms with van der Waals surface area (Å²) in [6.45, 7) is 2.84. The van der Waals surface area contributed by atoms with Gasteiger partial charge in [-0.15, -0.1) is 0 Å². The van der Waals surface area contributed by atoms with E-state index in [2.05, 4.69) is 23.7 Å². The molecule has 4 aliphatic heterocycles. The van der Waals surface area contributed by atoms with E-state index in [9.17, 15) is 39.0 Å². The molecule has 2 aromatic carbocycles. The van der Waals surface area contributed by atoms with Crippen LogP contribution in [-0.2, 0) is 52.3 Å². The van der Waals surface area contributed by atoms with Crippen molar-refractivity contribution in [1.29, 1.82) is 0 Å². The summed E-state index contributed by atoms with van der Waals surface area (Å²) in [4.78, 5) is 80.3. The number of cyclic esters (lactones) is 2. The van der Waals surface area contributed by atoms with Crippen LogP contribution in [-0.4, -0.2) is 162 Å². The van der Waals surface area contributed by atoms with Gasteiger partial charge in [-0.05, 0) is 93.0 Å². The fourth-order valence-corrected chi connectivity index (χ4v) is 10.5. The van der Waals surface area contributed by atoms with Crippen LogP contribution in [0.15, 0.2) is 53.6 Å². The van der Waals surface area contributed by atoms with Crippen molar-refractivity contribution in [3.8, 4) is 29.4 Å². The molecule has 70 heavy (non-hydrogen) atoms. The van der Waals surface area contributed by atoms with Crippen molar-refractivity contribution in [2.45, 2.75) is 112 Å². The number of imide groups is 1. The summed E-state index contributed by atoms with van der Waals surface area (Å²) in [5.41, 5.74) is 0.448. The van der Waals surface area contributed by atoms with E-state index >= 15 is 0 Å². The number of hydrogen-bond acceptors (Lipinski definition) is 18.